The molecule has 2 fully saturated rings. The van der Waals surface area contributed by atoms with E-state index in [0.717, 1.165) is 58.0 Å². The second-order valence-electron chi connectivity index (χ2n) is 6.14. The number of nitrogens with zero attached hydrogens (tertiary/aromatic N) is 2. The summed E-state index contributed by atoms with van der Waals surface area (Å²) in [5.74, 6) is 0. The van der Waals surface area contributed by atoms with Gasteiger partial charge >= 0.3 is 0 Å². The highest BCUT2D eigenvalue weighted by atomic mass is 16.5. The van der Waals surface area contributed by atoms with Gasteiger partial charge in [-0.2, -0.15) is 0 Å². The summed E-state index contributed by atoms with van der Waals surface area (Å²) in [7, 11) is 0. The van der Waals surface area contributed by atoms with E-state index < -0.39 is 0 Å². The Hall–Kier alpha value is -1.26. The van der Waals surface area contributed by atoms with Crippen molar-refractivity contribution in [3.8, 4) is 0 Å². The highest BCUT2D eigenvalue weighted by molar-refractivity contribution is 5.68. The van der Waals surface area contributed by atoms with Crippen LogP contribution < -0.4 is 10.6 Å². The van der Waals surface area contributed by atoms with Gasteiger partial charge in [-0.1, -0.05) is 6.07 Å². The first kappa shape index (κ1) is 14.7. The molecule has 1 aromatic carbocycles. The Balaban J connectivity index is 1.50. The quantitative estimate of drug-likeness (QED) is 0.843. The minimum atomic E-state index is 0.886. The summed E-state index contributed by atoms with van der Waals surface area (Å²) in [6.07, 6.45) is 4.89. The maximum absolute atomic E-state index is 6.25. The number of benzene rings is 1. The Morgan fingerprint density at radius 1 is 1.05 bits per heavy atom. The second-order valence-corrected chi connectivity index (χ2v) is 6.14. The van der Waals surface area contributed by atoms with Crippen molar-refractivity contribution < 1.29 is 4.74 Å². The maximum Gasteiger partial charge on any atom is 0.0600 e. The van der Waals surface area contributed by atoms with Crippen LogP contribution in [0.25, 0.3) is 0 Å². The number of hydrogen-bond acceptors (Lipinski definition) is 4. The number of hydrogen-bond donors (Lipinski definition) is 1. The lowest BCUT2D eigenvalue weighted by Gasteiger charge is -2.26. The van der Waals surface area contributed by atoms with Crippen molar-refractivity contribution in [2.45, 2.75) is 25.7 Å². The predicted octanol–water partition coefficient (Wildman–Crippen LogP) is 2.13. The van der Waals surface area contributed by atoms with Crippen molar-refractivity contribution in [1.29, 1.82) is 0 Å². The largest absolute Gasteiger partial charge is 0.397 e. The van der Waals surface area contributed by atoms with Crippen LogP contribution in [0.4, 0.5) is 11.4 Å². The molecule has 0 spiro atoms. The first-order valence-electron chi connectivity index (χ1n) is 8.26. The van der Waals surface area contributed by atoms with E-state index in [-0.39, 0.29) is 0 Å². The Morgan fingerprint density at radius 2 is 1.81 bits per heavy atom. The third-order valence-corrected chi connectivity index (χ3v) is 4.58. The lowest BCUT2D eigenvalue weighted by atomic mass is 10.1. The van der Waals surface area contributed by atoms with Gasteiger partial charge in [0.15, 0.2) is 0 Å². The molecule has 0 atom stereocenters. The topological polar surface area (TPSA) is 41.7 Å². The summed E-state index contributed by atoms with van der Waals surface area (Å²) in [6.45, 7) is 7.40. The van der Waals surface area contributed by atoms with E-state index in [9.17, 15) is 0 Å². The van der Waals surface area contributed by atoms with Gasteiger partial charge < -0.3 is 15.4 Å². The smallest absolute Gasteiger partial charge is 0.0600 e. The summed E-state index contributed by atoms with van der Waals surface area (Å²) >= 11 is 0. The summed E-state index contributed by atoms with van der Waals surface area (Å²) in [5.41, 5.74) is 9.78. The van der Waals surface area contributed by atoms with Crippen LogP contribution in [0.15, 0.2) is 18.2 Å². The van der Waals surface area contributed by atoms with Crippen molar-refractivity contribution in [1.82, 2.24) is 4.90 Å². The zero-order chi connectivity index (χ0) is 14.5. The molecule has 2 N–H and O–H groups in total. The van der Waals surface area contributed by atoms with Gasteiger partial charge in [-0.25, -0.2) is 0 Å². The van der Waals surface area contributed by atoms with E-state index in [4.69, 9.17) is 10.5 Å². The SMILES string of the molecule is Nc1cc(CCCN2CCOCC2)ccc1N1CCCC1. The Bertz CT molecular complexity index is 451. The molecule has 0 bridgehead atoms. The number of morpholine rings is 1. The predicted molar refractivity (Wildman–Crippen MR) is 87.9 cm³/mol. The number of aryl methyl sites for hydroxylation is 1. The van der Waals surface area contributed by atoms with Crippen molar-refractivity contribution >= 4 is 11.4 Å². The fourth-order valence-corrected chi connectivity index (χ4v) is 3.34. The van der Waals surface area contributed by atoms with Gasteiger partial charge in [0.2, 0.25) is 0 Å². The number of nitrogen functional groups attached to an aromatic ring is 1. The second kappa shape index (κ2) is 7.14. The molecule has 2 aliphatic heterocycles. The molecule has 0 saturated carbocycles. The Labute approximate surface area is 127 Å². The molecule has 0 unspecified atom stereocenters. The van der Waals surface area contributed by atoms with E-state index in [1.807, 2.05) is 0 Å². The highest BCUT2D eigenvalue weighted by Gasteiger charge is 2.15. The molecule has 21 heavy (non-hydrogen) atoms. The Morgan fingerprint density at radius 3 is 2.52 bits per heavy atom. The van der Waals surface area contributed by atoms with Gasteiger partial charge in [0.1, 0.15) is 0 Å². The van der Waals surface area contributed by atoms with E-state index in [1.54, 1.807) is 0 Å². The molecule has 4 nitrogen and oxygen atoms in total. The van der Waals surface area contributed by atoms with Crippen molar-refractivity contribution in [3.05, 3.63) is 23.8 Å². The van der Waals surface area contributed by atoms with Gasteiger partial charge in [0.25, 0.3) is 0 Å². The molecule has 4 heteroatoms. The van der Waals surface area contributed by atoms with Gasteiger partial charge in [0, 0.05) is 26.2 Å². The fourth-order valence-electron chi connectivity index (χ4n) is 3.34. The number of ether oxygens (including phenoxy) is 1. The molecule has 2 aliphatic rings. The third kappa shape index (κ3) is 3.89. The lowest BCUT2D eigenvalue weighted by molar-refractivity contribution is 0.0375. The minimum absolute atomic E-state index is 0.886. The van der Waals surface area contributed by atoms with Gasteiger partial charge in [-0.15, -0.1) is 0 Å². The average Bonchev–Trinajstić information content (AvgIpc) is 3.02. The van der Waals surface area contributed by atoms with Crippen molar-refractivity contribution in [2.75, 3.05) is 56.6 Å². The zero-order valence-corrected chi connectivity index (χ0v) is 12.9. The molecule has 2 heterocycles. The minimum Gasteiger partial charge on any atom is -0.397 e. The normalized spacial score (nSPS) is 20.1. The monoisotopic (exact) mass is 289 g/mol. The summed E-state index contributed by atoms with van der Waals surface area (Å²) < 4.78 is 5.38. The van der Waals surface area contributed by atoms with Crippen LogP contribution in [0.3, 0.4) is 0 Å². The maximum atomic E-state index is 6.25. The Kier molecular flexibility index (Phi) is 4.99. The van der Waals surface area contributed by atoms with Crippen LogP contribution in [-0.2, 0) is 11.2 Å². The number of rotatable bonds is 5. The molecule has 0 amide bonds. The molecular formula is C17H27N3O. The first-order chi connectivity index (χ1) is 10.3. The van der Waals surface area contributed by atoms with E-state index >= 15 is 0 Å². The molecular weight excluding hydrogens is 262 g/mol. The van der Waals surface area contributed by atoms with Crippen LogP contribution in [0, 0.1) is 0 Å². The highest BCUT2D eigenvalue weighted by Crippen LogP contribution is 2.27. The standard InChI is InChI=1S/C17H27N3O/c18-16-14-15(4-3-7-19-10-12-21-13-11-19)5-6-17(16)20-8-1-2-9-20/h5-6,14H,1-4,7-13,18H2. The molecule has 3 rings (SSSR count). The van der Waals surface area contributed by atoms with Gasteiger partial charge in [0.05, 0.1) is 24.6 Å². The van der Waals surface area contributed by atoms with Crippen molar-refractivity contribution in [2.24, 2.45) is 0 Å². The number of anilines is 2. The van der Waals surface area contributed by atoms with Crippen LogP contribution in [0.5, 0.6) is 0 Å². The lowest BCUT2D eigenvalue weighted by Crippen LogP contribution is -2.36. The third-order valence-electron chi connectivity index (χ3n) is 4.58. The average molecular weight is 289 g/mol. The molecule has 0 radical (unpaired) electrons. The molecule has 0 aliphatic carbocycles. The molecule has 116 valence electrons. The van der Waals surface area contributed by atoms with E-state index in [2.05, 4.69) is 28.0 Å². The van der Waals surface area contributed by atoms with E-state index in [1.165, 1.54) is 30.5 Å². The zero-order valence-electron chi connectivity index (χ0n) is 12.9. The summed E-state index contributed by atoms with van der Waals surface area (Å²) in [4.78, 5) is 4.90. The van der Waals surface area contributed by atoms with Crippen LogP contribution >= 0.6 is 0 Å². The molecule has 2 saturated heterocycles. The van der Waals surface area contributed by atoms with Crippen molar-refractivity contribution in [3.63, 3.8) is 0 Å². The van der Waals surface area contributed by atoms with Crippen LogP contribution in [-0.4, -0.2) is 50.8 Å². The van der Waals surface area contributed by atoms with Gasteiger partial charge in [-0.05, 0) is 49.9 Å². The molecule has 0 aromatic heterocycles. The van der Waals surface area contributed by atoms with Gasteiger partial charge in [-0.3, -0.25) is 4.90 Å². The molecule has 1 aromatic rings. The fraction of sp³-hybridized carbons (Fsp3) is 0.647. The number of nitrogens with two attached hydrogens (primary N) is 1. The summed E-state index contributed by atoms with van der Waals surface area (Å²) in [5, 5.41) is 0. The van der Waals surface area contributed by atoms with Crippen LogP contribution in [0.2, 0.25) is 0 Å². The first-order valence-corrected chi connectivity index (χ1v) is 8.26. The van der Waals surface area contributed by atoms with Crippen LogP contribution in [0.1, 0.15) is 24.8 Å². The van der Waals surface area contributed by atoms with E-state index in [0.29, 0.717) is 0 Å². The summed E-state index contributed by atoms with van der Waals surface area (Å²) in [6, 6.07) is 6.64.